The van der Waals surface area contributed by atoms with E-state index in [-0.39, 0.29) is 17.6 Å². The van der Waals surface area contributed by atoms with E-state index in [9.17, 15) is 13.2 Å². The summed E-state index contributed by atoms with van der Waals surface area (Å²) in [7, 11) is -3.16. The molecule has 1 aliphatic rings. The highest BCUT2D eigenvalue weighted by molar-refractivity contribution is 7.89. The summed E-state index contributed by atoms with van der Waals surface area (Å²) in [6, 6.07) is 9.98. The van der Waals surface area contributed by atoms with E-state index in [1.165, 1.54) is 0 Å². The number of benzene rings is 1. The zero-order valence-corrected chi connectivity index (χ0v) is 16.2. The highest BCUT2D eigenvalue weighted by Gasteiger charge is 2.32. The van der Waals surface area contributed by atoms with E-state index in [2.05, 4.69) is 0 Å². The van der Waals surface area contributed by atoms with Crippen LogP contribution in [0.2, 0.25) is 0 Å². The van der Waals surface area contributed by atoms with Crippen LogP contribution in [0.15, 0.2) is 30.3 Å². The Morgan fingerprint density at radius 2 is 1.80 bits per heavy atom. The molecular weight excluding hydrogens is 336 g/mol. The van der Waals surface area contributed by atoms with Crippen LogP contribution in [0.5, 0.6) is 0 Å². The molecule has 0 atom stereocenters. The Morgan fingerprint density at radius 3 is 2.36 bits per heavy atom. The zero-order chi connectivity index (χ0) is 18.3. The fraction of sp³-hybridized carbons (Fsp3) is 0.632. The molecule has 0 saturated carbocycles. The van der Waals surface area contributed by atoms with Gasteiger partial charge in [0.2, 0.25) is 15.9 Å². The third kappa shape index (κ3) is 5.54. The van der Waals surface area contributed by atoms with Gasteiger partial charge < -0.3 is 4.90 Å². The first-order valence-corrected chi connectivity index (χ1v) is 10.9. The van der Waals surface area contributed by atoms with Crippen LogP contribution in [0, 0.1) is 5.92 Å². The second kappa shape index (κ2) is 9.34. The summed E-state index contributed by atoms with van der Waals surface area (Å²) in [5.74, 6) is 0.301. The monoisotopic (exact) mass is 366 g/mol. The molecule has 0 spiro atoms. The molecule has 0 N–H and O–H groups in total. The van der Waals surface area contributed by atoms with Crippen LogP contribution < -0.4 is 0 Å². The largest absolute Gasteiger partial charge is 0.338 e. The fourth-order valence-electron chi connectivity index (χ4n) is 3.24. The Balaban J connectivity index is 1.91. The lowest BCUT2D eigenvalue weighted by Crippen LogP contribution is -2.44. The Morgan fingerprint density at radius 1 is 1.16 bits per heavy atom. The molecular formula is C19H30N2O3S. The molecule has 1 saturated heterocycles. The van der Waals surface area contributed by atoms with Crippen LogP contribution in [0.25, 0.3) is 0 Å². The van der Waals surface area contributed by atoms with Crippen molar-refractivity contribution < 1.29 is 13.2 Å². The van der Waals surface area contributed by atoms with E-state index in [1.807, 2.05) is 49.1 Å². The SMILES string of the molecule is CCCCS(=O)(=O)N1CCC(C(=O)N(CC)Cc2ccccc2)CC1. The van der Waals surface area contributed by atoms with Crippen molar-refractivity contribution in [1.29, 1.82) is 0 Å². The molecule has 0 radical (unpaired) electrons. The average Bonchev–Trinajstić information content (AvgIpc) is 2.65. The maximum Gasteiger partial charge on any atom is 0.226 e. The topological polar surface area (TPSA) is 57.7 Å². The molecule has 25 heavy (non-hydrogen) atoms. The molecule has 0 aromatic heterocycles. The van der Waals surface area contributed by atoms with Crippen LogP contribution in [-0.4, -0.2) is 48.9 Å². The predicted molar refractivity (Wildman–Crippen MR) is 101 cm³/mol. The molecule has 1 aliphatic heterocycles. The molecule has 1 amide bonds. The Hall–Kier alpha value is -1.40. The van der Waals surface area contributed by atoms with E-state index in [4.69, 9.17) is 0 Å². The molecule has 2 rings (SSSR count). The summed E-state index contributed by atoms with van der Waals surface area (Å²) < 4.78 is 26.1. The predicted octanol–water partition coefficient (Wildman–Crippen LogP) is 2.88. The quantitative estimate of drug-likeness (QED) is 0.711. The maximum atomic E-state index is 12.8. The van der Waals surface area contributed by atoms with Gasteiger partial charge in [-0.1, -0.05) is 43.7 Å². The van der Waals surface area contributed by atoms with E-state index in [1.54, 1.807) is 4.31 Å². The number of piperidine rings is 1. The van der Waals surface area contributed by atoms with Crippen LogP contribution in [0.3, 0.4) is 0 Å². The van der Waals surface area contributed by atoms with Crippen molar-refractivity contribution in [3.8, 4) is 0 Å². The Kier molecular flexibility index (Phi) is 7.44. The third-order valence-corrected chi connectivity index (χ3v) is 6.82. The highest BCUT2D eigenvalue weighted by Crippen LogP contribution is 2.23. The number of carbonyl (C=O) groups excluding carboxylic acids is 1. The number of rotatable bonds is 8. The lowest BCUT2D eigenvalue weighted by atomic mass is 9.96. The van der Waals surface area contributed by atoms with Crippen molar-refractivity contribution in [3.63, 3.8) is 0 Å². The van der Waals surface area contributed by atoms with E-state index in [0.717, 1.165) is 12.0 Å². The summed E-state index contributed by atoms with van der Waals surface area (Å²) >= 11 is 0. The molecule has 1 aromatic carbocycles. The smallest absolute Gasteiger partial charge is 0.226 e. The van der Waals surface area contributed by atoms with Gasteiger partial charge in [0.1, 0.15) is 0 Å². The second-order valence-electron chi connectivity index (χ2n) is 6.68. The molecule has 0 unspecified atom stereocenters. The summed E-state index contributed by atoms with van der Waals surface area (Å²) in [4.78, 5) is 14.7. The molecule has 140 valence electrons. The Bertz CT molecular complexity index is 638. The molecule has 0 aliphatic carbocycles. The minimum Gasteiger partial charge on any atom is -0.338 e. The van der Waals surface area contributed by atoms with E-state index < -0.39 is 10.0 Å². The molecule has 1 fully saturated rings. The summed E-state index contributed by atoms with van der Waals surface area (Å²) in [5, 5.41) is 0. The van der Waals surface area contributed by atoms with Crippen molar-refractivity contribution in [2.45, 2.75) is 46.1 Å². The first-order valence-electron chi connectivity index (χ1n) is 9.28. The second-order valence-corrected chi connectivity index (χ2v) is 8.77. The number of nitrogens with zero attached hydrogens (tertiary/aromatic N) is 2. The number of unbranched alkanes of at least 4 members (excludes halogenated alkanes) is 1. The molecule has 0 bridgehead atoms. The fourth-order valence-corrected chi connectivity index (χ4v) is 4.92. The standard InChI is InChI=1S/C19H30N2O3S/c1-3-5-15-25(23,24)21-13-11-18(12-14-21)19(22)20(4-2)16-17-9-7-6-8-10-17/h6-10,18H,3-5,11-16H2,1-2H3. The van der Waals surface area contributed by atoms with Crippen molar-refractivity contribution in [2.75, 3.05) is 25.4 Å². The third-order valence-electron chi connectivity index (χ3n) is 4.86. The number of hydrogen-bond acceptors (Lipinski definition) is 3. The van der Waals surface area contributed by atoms with E-state index >= 15 is 0 Å². The number of sulfonamides is 1. The van der Waals surface area contributed by atoms with Gasteiger partial charge in [-0.15, -0.1) is 0 Å². The van der Waals surface area contributed by atoms with E-state index in [0.29, 0.717) is 45.4 Å². The zero-order valence-electron chi connectivity index (χ0n) is 15.4. The molecule has 1 aromatic rings. The normalized spacial score (nSPS) is 16.7. The summed E-state index contributed by atoms with van der Waals surface area (Å²) in [6.45, 7) is 6.20. The molecule has 5 nitrogen and oxygen atoms in total. The van der Waals surface area contributed by atoms with Gasteiger partial charge in [-0.3, -0.25) is 4.79 Å². The van der Waals surface area contributed by atoms with Crippen molar-refractivity contribution in [1.82, 2.24) is 9.21 Å². The average molecular weight is 367 g/mol. The van der Waals surface area contributed by atoms with Crippen LogP contribution >= 0.6 is 0 Å². The molecule has 1 heterocycles. The van der Waals surface area contributed by atoms with Crippen LogP contribution in [0.1, 0.15) is 45.1 Å². The number of hydrogen-bond donors (Lipinski definition) is 0. The van der Waals surface area contributed by atoms with Gasteiger partial charge >= 0.3 is 0 Å². The van der Waals surface area contributed by atoms with Crippen molar-refractivity contribution in [3.05, 3.63) is 35.9 Å². The number of carbonyl (C=O) groups is 1. The minimum absolute atomic E-state index is 0.0683. The summed E-state index contributed by atoms with van der Waals surface area (Å²) in [6.07, 6.45) is 2.81. The van der Waals surface area contributed by atoms with Crippen molar-refractivity contribution >= 4 is 15.9 Å². The Labute approximate surface area is 152 Å². The van der Waals surface area contributed by atoms with Crippen molar-refractivity contribution in [2.24, 2.45) is 5.92 Å². The lowest BCUT2D eigenvalue weighted by molar-refractivity contribution is -0.137. The maximum absolute atomic E-state index is 12.8. The van der Waals surface area contributed by atoms with Crippen LogP contribution in [0.4, 0.5) is 0 Å². The minimum atomic E-state index is -3.16. The van der Waals surface area contributed by atoms with Gasteiger partial charge in [-0.05, 0) is 31.7 Å². The lowest BCUT2D eigenvalue weighted by Gasteiger charge is -2.33. The van der Waals surface area contributed by atoms with Gasteiger partial charge in [0.25, 0.3) is 0 Å². The molecule has 6 heteroatoms. The number of amides is 1. The van der Waals surface area contributed by atoms with Gasteiger partial charge in [-0.25, -0.2) is 12.7 Å². The van der Waals surface area contributed by atoms with Gasteiger partial charge in [0.15, 0.2) is 0 Å². The summed E-state index contributed by atoms with van der Waals surface area (Å²) in [5.41, 5.74) is 1.12. The first kappa shape index (κ1) is 19.9. The van der Waals surface area contributed by atoms with Gasteiger partial charge in [0, 0.05) is 32.1 Å². The van der Waals surface area contributed by atoms with Crippen LogP contribution in [-0.2, 0) is 21.4 Å². The first-order chi connectivity index (χ1) is 12.0. The highest BCUT2D eigenvalue weighted by atomic mass is 32.2. The van der Waals surface area contributed by atoms with Gasteiger partial charge in [-0.2, -0.15) is 0 Å². The van der Waals surface area contributed by atoms with Gasteiger partial charge in [0.05, 0.1) is 5.75 Å².